The van der Waals surface area contributed by atoms with Gasteiger partial charge >= 0.3 is 0 Å². The van der Waals surface area contributed by atoms with Crippen molar-refractivity contribution in [3.63, 3.8) is 0 Å². The fraction of sp³-hybridized carbons (Fsp3) is 0.350. The van der Waals surface area contributed by atoms with E-state index in [4.69, 9.17) is 9.47 Å². The summed E-state index contributed by atoms with van der Waals surface area (Å²) in [4.78, 5) is 14.9. The molecule has 0 spiro atoms. The predicted molar refractivity (Wildman–Crippen MR) is 95.3 cm³/mol. The second-order valence-corrected chi connectivity index (χ2v) is 6.69. The normalized spacial score (nSPS) is 24.1. The highest BCUT2D eigenvalue weighted by atomic mass is 16.5. The molecular weight excluding hydrogens is 316 g/mol. The molecule has 2 aliphatic rings. The highest BCUT2D eigenvalue weighted by Gasteiger charge is 2.38. The number of hydrogen-bond donors (Lipinski definition) is 1. The Balaban J connectivity index is 1.38. The Morgan fingerprint density at radius 3 is 2.56 bits per heavy atom. The number of piperidine rings is 1. The van der Waals surface area contributed by atoms with Crippen LogP contribution in [0.2, 0.25) is 0 Å². The van der Waals surface area contributed by atoms with Gasteiger partial charge in [0.2, 0.25) is 0 Å². The number of carbonyl (C=O) groups is 1. The molecule has 2 aromatic rings. The third-order valence-electron chi connectivity index (χ3n) is 5.04. The number of rotatable bonds is 5. The van der Waals surface area contributed by atoms with Gasteiger partial charge < -0.3 is 19.7 Å². The van der Waals surface area contributed by atoms with Gasteiger partial charge in [0.25, 0.3) is 5.91 Å². The van der Waals surface area contributed by atoms with Gasteiger partial charge in [0.1, 0.15) is 17.2 Å². The summed E-state index contributed by atoms with van der Waals surface area (Å²) in [6.07, 6.45) is 1.19. The van der Waals surface area contributed by atoms with Gasteiger partial charge in [-0.05, 0) is 55.3 Å². The quantitative estimate of drug-likeness (QED) is 0.911. The number of amides is 1. The second-order valence-electron chi connectivity index (χ2n) is 6.69. The van der Waals surface area contributed by atoms with E-state index in [0.717, 1.165) is 18.8 Å². The molecule has 5 nitrogen and oxygen atoms in total. The van der Waals surface area contributed by atoms with Gasteiger partial charge in [0, 0.05) is 30.8 Å². The minimum atomic E-state index is -0.00770. The van der Waals surface area contributed by atoms with E-state index in [1.54, 1.807) is 19.2 Å². The van der Waals surface area contributed by atoms with Crippen LogP contribution in [0, 0.1) is 5.92 Å². The van der Waals surface area contributed by atoms with Crippen molar-refractivity contribution in [2.24, 2.45) is 5.92 Å². The first-order valence-electron chi connectivity index (χ1n) is 8.66. The zero-order chi connectivity index (χ0) is 17.2. The zero-order valence-corrected chi connectivity index (χ0v) is 14.3. The predicted octanol–water partition coefficient (Wildman–Crippen LogP) is 2.92. The van der Waals surface area contributed by atoms with Crippen molar-refractivity contribution >= 4 is 5.91 Å². The highest BCUT2D eigenvalue weighted by molar-refractivity contribution is 5.94. The molecule has 0 aliphatic carbocycles. The molecule has 1 amide bonds. The summed E-state index contributed by atoms with van der Waals surface area (Å²) in [6, 6.07) is 15.0. The summed E-state index contributed by atoms with van der Waals surface area (Å²) in [6.45, 7) is 3.28. The van der Waals surface area contributed by atoms with Gasteiger partial charge in [0.05, 0.1) is 7.11 Å². The lowest BCUT2D eigenvalue weighted by atomic mass is 9.99. The number of carbonyl (C=O) groups excluding carboxylic acids is 1. The molecule has 3 atom stereocenters. The van der Waals surface area contributed by atoms with Crippen LogP contribution in [0.15, 0.2) is 48.5 Å². The average molecular weight is 338 g/mol. The number of ether oxygens (including phenoxy) is 2. The van der Waals surface area contributed by atoms with E-state index in [2.05, 4.69) is 10.2 Å². The molecule has 0 saturated carbocycles. The van der Waals surface area contributed by atoms with Gasteiger partial charge in [-0.15, -0.1) is 0 Å². The van der Waals surface area contributed by atoms with Crippen molar-refractivity contribution in [1.82, 2.24) is 10.2 Å². The number of fused-ring (bicyclic) bond motifs is 2. The third kappa shape index (κ3) is 3.46. The van der Waals surface area contributed by atoms with Gasteiger partial charge in [-0.1, -0.05) is 6.07 Å². The van der Waals surface area contributed by atoms with Crippen LogP contribution in [-0.2, 0) is 0 Å². The smallest absolute Gasteiger partial charge is 0.251 e. The van der Waals surface area contributed by atoms with Crippen molar-refractivity contribution in [2.75, 3.05) is 26.7 Å². The molecule has 2 heterocycles. The number of hydrogen-bond acceptors (Lipinski definition) is 4. The van der Waals surface area contributed by atoms with Gasteiger partial charge in [-0.3, -0.25) is 4.79 Å². The fourth-order valence-corrected chi connectivity index (χ4v) is 3.67. The van der Waals surface area contributed by atoms with Crippen LogP contribution in [0.3, 0.4) is 0 Å². The summed E-state index contributed by atoms with van der Waals surface area (Å²) in [7, 11) is 1.62. The van der Waals surface area contributed by atoms with Crippen LogP contribution in [0.25, 0.3) is 0 Å². The maximum Gasteiger partial charge on any atom is 0.251 e. The summed E-state index contributed by atoms with van der Waals surface area (Å²) in [5, 5.41) is 3.17. The van der Waals surface area contributed by atoms with E-state index in [-0.39, 0.29) is 11.9 Å². The van der Waals surface area contributed by atoms with Crippen molar-refractivity contribution in [2.45, 2.75) is 12.5 Å². The minimum Gasteiger partial charge on any atom is -0.497 e. The molecule has 25 heavy (non-hydrogen) atoms. The SMILES string of the molecule is COc1cccc(Oc2ccc(C(=O)NC3CN4CCC3C4)cc2)c1. The van der Waals surface area contributed by atoms with E-state index < -0.39 is 0 Å². The summed E-state index contributed by atoms with van der Waals surface area (Å²) >= 11 is 0. The van der Waals surface area contributed by atoms with Crippen molar-refractivity contribution < 1.29 is 14.3 Å². The largest absolute Gasteiger partial charge is 0.497 e. The van der Waals surface area contributed by atoms with Crippen LogP contribution in [0.5, 0.6) is 17.2 Å². The Morgan fingerprint density at radius 2 is 1.88 bits per heavy atom. The first-order valence-corrected chi connectivity index (χ1v) is 8.66. The second kappa shape index (κ2) is 6.76. The van der Waals surface area contributed by atoms with E-state index in [1.807, 2.05) is 36.4 Å². The van der Waals surface area contributed by atoms with Crippen molar-refractivity contribution in [3.8, 4) is 17.2 Å². The monoisotopic (exact) mass is 338 g/mol. The third-order valence-corrected chi connectivity index (χ3v) is 5.04. The summed E-state index contributed by atoms with van der Waals surface area (Å²) in [5.74, 6) is 2.74. The van der Waals surface area contributed by atoms with E-state index in [0.29, 0.717) is 23.0 Å². The summed E-state index contributed by atoms with van der Waals surface area (Å²) in [5.41, 5.74) is 0.663. The lowest BCUT2D eigenvalue weighted by Crippen LogP contribution is -2.43. The molecule has 2 aromatic carbocycles. The minimum absolute atomic E-state index is 0.00770. The van der Waals surface area contributed by atoms with Crippen molar-refractivity contribution in [3.05, 3.63) is 54.1 Å². The molecule has 0 radical (unpaired) electrons. The Kier molecular flexibility index (Phi) is 4.32. The van der Waals surface area contributed by atoms with Crippen LogP contribution in [-0.4, -0.2) is 43.6 Å². The molecule has 130 valence electrons. The van der Waals surface area contributed by atoms with Gasteiger partial charge in [0.15, 0.2) is 0 Å². The summed E-state index contributed by atoms with van der Waals surface area (Å²) < 4.78 is 11.0. The molecule has 0 aromatic heterocycles. The van der Waals surface area contributed by atoms with Gasteiger partial charge in [-0.2, -0.15) is 0 Å². The topological polar surface area (TPSA) is 50.8 Å². The molecular formula is C20H22N2O3. The van der Waals surface area contributed by atoms with E-state index in [1.165, 1.54) is 13.0 Å². The van der Waals surface area contributed by atoms with Crippen molar-refractivity contribution in [1.29, 1.82) is 0 Å². The number of benzene rings is 2. The number of nitrogens with one attached hydrogen (secondary N) is 1. The molecule has 4 rings (SSSR count). The number of nitrogens with zero attached hydrogens (tertiary/aromatic N) is 1. The maximum absolute atomic E-state index is 12.4. The fourth-order valence-electron chi connectivity index (χ4n) is 3.67. The lowest BCUT2D eigenvalue weighted by molar-refractivity contribution is 0.0924. The van der Waals surface area contributed by atoms with Crippen LogP contribution < -0.4 is 14.8 Å². The molecule has 2 bridgehead atoms. The standard InChI is InChI=1S/C20H22N2O3/c1-24-17-3-2-4-18(11-17)25-16-7-5-14(6-8-16)20(23)21-19-13-22-10-9-15(19)12-22/h2-8,11,15,19H,9-10,12-13H2,1H3,(H,21,23). The zero-order valence-electron chi connectivity index (χ0n) is 14.3. The Hall–Kier alpha value is -2.53. The van der Waals surface area contributed by atoms with Crippen LogP contribution >= 0.6 is 0 Å². The Labute approximate surface area is 147 Å². The highest BCUT2D eigenvalue weighted by Crippen LogP contribution is 2.28. The Morgan fingerprint density at radius 1 is 1.08 bits per heavy atom. The Bertz CT molecular complexity index is 760. The van der Waals surface area contributed by atoms with Gasteiger partial charge in [-0.25, -0.2) is 0 Å². The first-order chi connectivity index (χ1) is 12.2. The molecule has 2 fully saturated rings. The molecule has 3 unspecified atom stereocenters. The molecule has 2 aliphatic heterocycles. The molecule has 2 saturated heterocycles. The maximum atomic E-state index is 12.4. The van der Waals surface area contributed by atoms with Crippen LogP contribution in [0.1, 0.15) is 16.8 Å². The number of methoxy groups -OCH3 is 1. The van der Waals surface area contributed by atoms with E-state index in [9.17, 15) is 4.79 Å². The lowest BCUT2D eigenvalue weighted by Gasteiger charge is -2.23. The van der Waals surface area contributed by atoms with E-state index >= 15 is 0 Å². The average Bonchev–Trinajstić information content (AvgIpc) is 3.25. The molecule has 1 N–H and O–H groups in total. The van der Waals surface area contributed by atoms with Crippen LogP contribution in [0.4, 0.5) is 0 Å². The first kappa shape index (κ1) is 16.0. The molecule has 5 heteroatoms.